The minimum atomic E-state index is -0.105. The smallest absolute Gasteiger partial charge is 0.236 e. The van der Waals surface area contributed by atoms with Crippen LogP contribution in [-0.2, 0) is 4.79 Å². The molecular weight excluding hydrogens is 230 g/mol. The Kier molecular flexibility index (Phi) is 5.37. The van der Waals surface area contributed by atoms with E-state index in [1.54, 1.807) is 25.3 Å². The predicted molar refractivity (Wildman–Crippen MR) is 71.0 cm³/mol. The van der Waals surface area contributed by atoms with Crippen molar-refractivity contribution in [1.82, 2.24) is 9.80 Å². The van der Waals surface area contributed by atoms with Gasteiger partial charge >= 0.3 is 0 Å². The number of hydrogen-bond acceptors (Lipinski definition) is 4. The van der Waals surface area contributed by atoms with Crippen molar-refractivity contribution in [1.29, 1.82) is 0 Å². The summed E-state index contributed by atoms with van der Waals surface area (Å²) in [7, 11) is 3.51. The van der Waals surface area contributed by atoms with E-state index < -0.39 is 0 Å². The van der Waals surface area contributed by atoms with Crippen molar-refractivity contribution in [3.63, 3.8) is 0 Å². The Morgan fingerprint density at radius 1 is 1.50 bits per heavy atom. The second-order valence-corrected chi connectivity index (χ2v) is 4.67. The van der Waals surface area contributed by atoms with Gasteiger partial charge in [-0.25, -0.2) is 0 Å². The first-order valence-electron chi connectivity index (χ1n) is 6.20. The molecule has 5 heteroatoms. The minimum Gasteiger partial charge on any atom is -0.468 e. The van der Waals surface area contributed by atoms with E-state index in [1.165, 1.54) is 0 Å². The standard InChI is InChI=1S/C13H23N3O2/c1-5-16(9-12(17)15(3)4)13(10(2)14)11-7-6-8-18-11/h6-8,10,13H,5,9,14H2,1-4H3. The van der Waals surface area contributed by atoms with E-state index in [0.29, 0.717) is 6.54 Å². The van der Waals surface area contributed by atoms with Gasteiger partial charge in [-0.3, -0.25) is 9.69 Å². The maximum Gasteiger partial charge on any atom is 0.236 e. The Morgan fingerprint density at radius 3 is 2.56 bits per heavy atom. The van der Waals surface area contributed by atoms with Crippen LogP contribution in [0, 0.1) is 0 Å². The van der Waals surface area contributed by atoms with Crippen molar-refractivity contribution in [2.45, 2.75) is 25.9 Å². The molecular formula is C13H23N3O2. The Labute approximate surface area is 109 Å². The van der Waals surface area contributed by atoms with Crippen LogP contribution in [0.2, 0.25) is 0 Å². The van der Waals surface area contributed by atoms with Crippen molar-refractivity contribution in [2.24, 2.45) is 5.73 Å². The summed E-state index contributed by atoms with van der Waals surface area (Å²) in [6.45, 7) is 5.03. The van der Waals surface area contributed by atoms with Crippen LogP contribution < -0.4 is 5.73 Å². The molecule has 0 saturated carbocycles. The first-order chi connectivity index (χ1) is 8.47. The zero-order valence-corrected chi connectivity index (χ0v) is 11.6. The van der Waals surface area contributed by atoms with Gasteiger partial charge in [0.05, 0.1) is 18.8 Å². The number of rotatable bonds is 6. The van der Waals surface area contributed by atoms with Crippen molar-refractivity contribution < 1.29 is 9.21 Å². The Morgan fingerprint density at radius 2 is 2.17 bits per heavy atom. The number of carbonyl (C=O) groups excluding carboxylic acids is 1. The van der Waals surface area contributed by atoms with Gasteiger partial charge in [-0.05, 0) is 25.6 Å². The predicted octanol–water partition coefficient (Wildman–Crippen LogP) is 1.08. The summed E-state index contributed by atoms with van der Waals surface area (Å²) in [6, 6.07) is 3.56. The van der Waals surface area contributed by atoms with Gasteiger partial charge in [0.2, 0.25) is 5.91 Å². The molecule has 0 bridgehead atoms. The fourth-order valence-corrected chi connectivity index (χ4v) is 1.95. The molecule has 0 fully saturated rings. The zero-order chi connectivity index (χ0) is 13.7. The molecule has 1 rings (SSSR count). The summed E-state index contributed by atoms with van der Waals surface area (Å²) < 4.78 is 5.44. The molecule has 0 saturated heterocycles. The molecule has 102 valence electrons. The zero-order valence-electron chi connectivity index (χ0n) is 11.6. The number of likely N-dealkylation sites (N-methyl/N-ethyl adjacent to an activating group) is 2. The van der Waals surface area contributed by atoms with Gasteiger partial charge in [-0.2, -0.15) is 0 Å². The second kappa shape index (κ2) is 6.56. The van der Waals surface area contributed by atoms with E-state index in [2.05, 4.69) is 0 Å². The van der Waals surface area contributed by atoms with Gasteiger partial charge in [-0.1, -0.05) is 6.92 Å². The highest BCUT2D eigenvalue weighted by atomic mass is 16.3. The van der Waals surface area contributed by atoms with E-state index in [1.807, 2.05) is 30.9 Å². The third-order valence-corrected chi connectivity index (χ3v) is 2.97. The van der Waals surface area contributed by atoms with Crippen LogP contribution in [0.5, 0.6) is 0 Å². The third-order valence-electron chi connectivity index (χ3n) is 2.97. The van der Waals surface area contributed by atoms with Crippen molar-refractivity contribution in [3.05, 3.63) is 24.2 Å². The largest absolute Gasteiger partial charge is 0.468 e. The molecule has 1 heterocycles. The molecule has 0 radical (unpaired) electrons. The molecule has 0 spiro atoms. The number of nitrogens with two attached hydrogens (primary N) is 1. The number of amides is 1. The second-order valence-electron chi connectivity index (χ2n) is 4.67. The molecule has 2 atom stereocenters. The number of nitrogens with zero attached hydrogens (tertiary/aromatic N) is 2. The third kappa shape index (κ3) is 3.58. The van der Waals surface area contributed by atoms with Crippen LogP contribution in [0.1, 0.15) is 25.6 Å². The Bertz CT molecular complexity index is 360. The fraction of sp³-hybridized carbons (Fsp3) is 0.615. The SMILES string of the molecule is CCN(CC(=O)N(C)C)C(c1ccco1)C(C)N. The van der Waals surface area contributed by atoms with Crippen LogP contribution in [0.25, 0.3) is 0 Å². The van der Waals surface area contributed by atoms with Crippen LogP contribution in [0.4, 0.5) is 0 Å². The Hall–Kier alpha value is -1.33. The molecule has 0 aliphatic rings. The van der Waals surface area contributed by atoms with E-state index in [9.17, 15) is 4.79 Å². The fourth-order valence-electron chi connectivity index (χ4n) is 1.95. The molecule has 2 N–H and O–H groups in total. The van der Waals surface area contributed by atoms with E-state index >= 15 is 0 Å². The van der Waals surface area contributed by atoms with Crippen molar-refractivity contribution >= 4 is 5.91 Å². The molecule has 1 aromatic heterocycles. The lowest BCUT2D eigenvalue weighted by atomic mass is 10.1. The molecule has 1 amide bonds. The normalized spacial score (nSPS) is 14.6. The van der Waals surface area contributed by atoms with Gasteiger partial charge in [0.1, 0.15) is 5.76 Å². The molecule has 0 aliphatic heterocycles. The summed E-state index contributed by atoms with van der Waals surface area (Å²) in [5, 5.41) is 0. The highest BCUT2D eigenvalue weighted by Gasteiger charge is 2.27. The van der Waals surface area contributed by atoms with E-state index in [-0.39, 0.29) is 18.0 Å². The Balaban J connectivity index is 2.85. The topological polar surface area (TPSA) is 62.7 Å². The summed E-state index contributed by atoms with van der Waals surface area (Å²) in [5.74, 6) is 0.868. The van der Waals surface area contributed by atoms with Crippen LogP contribution >= 0.6 is 0 Å². The summed E-state index contributed by atoms with van der Waals surface area (Å²) in [5.41, 5.74) is 6.03. The molecule has 0 aliphatic carbocycles. The number of furan rings is 1. The van der Waals surface area contributed by atoms with Crippen molar-refractivity contribution in [2.75, 3.05) is 27.2 Å². The average Bonchev–Trinajstić information content (AvgIpc) is 2.80. The molecule has 2 unspecified atom stereocenters. The van der Waals surface area contributed by atoms with Crippen LogP contribution in [0.15, 0.2) is 22.8 Å². The van der Waals surface area contributed by atoms with Crippen molar-refractivity contribution in [3.8, 4) is 0 Å². The van der Waals surface area contributed by atoms with E-state index in [0.717, 1.165) is 12.3 Å². The quantitative estimate of drug-likeness (QED) is 0.824. The lowest BCUT2D eigenvalue weighted by Gasteiger charge is -2.32. The molecule has 18 heavy (non-hydrogen) atoms. The average molecular weight is 253 g/mol. The summed E-state index contributed by atoms with van der Waals surface area (Å²) in [4.78, 5) is 15.4. The highest BCUT2D eigenvalue weighted by molar-refractivity contribution is 5.77. The molecule has 0 aromatic carbocycles. The van der Waals surface area contributed by atoms with Gasteiger partial charge < -0.3 is 15.1 Å². The van der Waals surface area contributed by atoms with Crippen LogP contribution in [-0.4, -0.2) is 48.9 Å². The lowest BCUT2D eigenvalue weighted by molar-refractivity contribution is -0.130. The highest BCUT2D eigenvalue weighted by Crippen LogP contribution is 2.23. The van der Waals surface area contributed by atoms with E-state index in [4.69, 9.17) is 10.2 Å². The van der Waals surface area contributed by atoms with Gasteiger partial charge in [0.15, 0.2) is 0 Å². The summed E-state index contributed by atoms with van der Waals surface area (Å²) >= 11 is 0. The molecule has 1 aromatic rings. The molecule has 5 nitrogen and oxygen atoms in total. The van der Waals surface area contributed by atoms with Gasteiger partial charge in [0, 0.05) is 20.1 Å². The van der Waals surface area contributed by atoms with Gasteiger partial charge in [-0.15, -0.1) is 0 Å². The first-order valence-corrected chi connectivity index (χ1v) is 6.20. The minimum absolute atomic E-state index is 0.0639. The monoisotopic (exact) mass is 253 g/mol. The number of hydrogen-bond donors (Lipinski definition) is 1. The van der Waals surface area contributed by atoms with Gasteiger partial charge in [0.25, 0.3) is 0 Å². The van der Waals surface area contributed by atoms with Crippen LogP contribution in [0.3, 0.4) is 0 Å². The maximum atomic E-state index is 11.8. The summed E-state index contributed by atoms with van der Waals surface area (Å²) in [6.07, 6.45) is 1.63. The lowest BCUT2D eigenvalue weighted by Crippen LogP contribution is -2.44. The number of carbonyl (C=O) groups is 1. The first kappa shape index (κ1) is 14.7. The maximum absolute atomic E-state index is 11.8.